The summed E-state index contributed by atoms with van der Waals surface area (Å²) in [6, 6.07) is 2.12. The van der Waals surface area contributed by atoms with Crippen LogP contribution in [-0.4, -0.2) is 18.8 Å². The third-order valence-corrected chi connectivity index (χ3v) is 1.85. The van der Waals surface area contributed by atoms with Gasteiger partial charge in [0.2, 0.25) is 5.82 Å². The van der Waals surface area contributed by atoms with Gasteiger partial charge < -0.3 is 15.6 Å². The molecular formula is C9H11F2NO2. The molecule has 1 unspecified atom stereocenters. The van der Waals surface area contributed by atoms with E-state index in [2.05, 4.69) is 4.74 Å². The van der Waals surface area contributed by atoms with Gasteiger partial charge in [-0.25, -0.2) is 4.39 Å². The molecule has 0 fully saturated rings. The molecule has 0 aliphatic carbocycles. The molecule has 1 atom stereocenters. The minimum absolute atomic E-state index is 0.0613. The predicted octanol–water partition coefficient (Wildman–Crippen LogP) is 0.966. The first-order chi connectivity index (χ1) is 6.60. The van der Waals surface area contributed by atoms with Crippen molar-refractivity contribution >= 4 is 0 Å². The van der Waals surface area contributed by atoms with Crippen LogP contribution >= 0.6 is 0 Å². The number of methoxy groups -OCH3 is 1. The Kier molecular flexibility index (Phi) is 3.38. The summed E-state index contributed by atoms with van der Waals surface area (Å²) in [6.45, 7) is -0.0613. The van der Waals surface area contributed by atoms with E-state index in [4.69, 9.17) is 5.73 Å². The topological polar surface area (TPSA) is 55.5 Å². The van der Waals surface area contributed by atoms with E-state index in [0.29, 0.717) is 0 Å². The Morgan fingerprint density at radius 3 is 2.64 bits per heavy atom. The zero-order valence-electron chi connectivity index (χ0n) is 7.63. The minimum Gasteiger partial charge on any atom is -0.494 e. The van der Waals surface area contributed by atoms with Crippen molar-refractivity contribution in [1.29, 1.82) is 0 Å². The molecule has 78 valence electrons. The lowest BCUT2D eigenvalue weighted by molar-refractivity contribution is 0.185. The summed E-state index contributed by atoms with van der Waals surface area (Å²) in [5, 5.41) is 9.29. The van der Waals surface area contributed by atoms with Gasteiger partial charge in [-0.1, -0.05) is 0 Å². The number of nitrogens with two attached hydrogens (primary N) is 1. The smallest absolute Gasteiger partial charge is 0.200 e. The van der Waals surface area contributed by atoms with E-state index in [0.717, 1.165) is 6.07 Å². The van der Waals surface area contributed by atoms with Gasteiger partial charge in [-0.2, -0.15) is 4.39 Å². The van der Waals surface area contributed by atoms with Crippen LogP contribution in [0.25, 0.3) is 0 Å². The lowest BCUT2D eigenvalue weighted by atomic mass is 10.1. The van der Waals surface area contributed by atoms with E-state index >= 15 is 0 Å². The van der Waals surface area contributed by atoms with Crippen molar-refractivity contribution in [2.24, 2.45) is 5.73 Å². The highest BCUT2D eigenvalue weighted by Gasteiger charge is 2.14. The molecule has 0 bridgehead atoms. The molecule has 0 aliphatic rings. The van der Waals surface area contributed by atoms with Crippen LogP contribution in [0.5, 0.6) is 5.75 Å². The van der Waals surface area contributed by atoms with Gasteiger partial charge in [0.1, 0.15) is 0 Å². The van der Waals surface area contributed by atoms with Crippen LogP contribution in [0.1, 0.15) is 11.7 Å². The molecule has 3 nitrogen and oxygen atoms in total. The van der Waals surface area contributed by atoms with E-state index in [1.807, 2.05) is 0 Å². The van der Waals surface area contributed by atoms with Crippen LogP contribution in [0.15, 0.2) is 12.1 Å². The Morgan fingerprint density at radius 1 is 1.50 bits per heavy atom. The number of aliphatic hydroxyl groups is 1. The Bertz CT molecular complexity index is 331. The van der Waals surface area contributed by atoms with Crippen LogP contribution in [0.4, 0.5) is 8.78 Å². The Balaban J connectivity index is 3.16. The van der Waals surface area contributed by atoms with Gasteiger partial charge in [-0.3, -0.25) is 0 Å². The number of rotatable bonds is 3. The van der Waals surface area contributed by atoms with E-state index in [1.165, 1.54) is 13.2 Å². The first kappa shape index (κ1) is 10.9. The molecule has 5 heteroatoms. The van der Waals surface area contributed by atoms with Crippen LogP contribution < -0.4 is 10.5 Å². The molecule has 0 spiro atoms. The molecule has 0 aromatic heterocycles. The monoisotopic (exact) mass is 203 g/mol. The number of benzene rings is 1. The summed E-state index contributed by atoms with van der Waals surface area (Å²) < 4.78 is 30.4. The average Bonchev–Trinajstić information content (AvgIpc) is 2.20. The van der Waals surface area contributed by atoms with Crippen molar-refractivity contribution in [2.45, 2.75) is 6.10 Å². The highest BCUT2D eigenvalue weighted by atomic mass is 19.2. The summed E-state index contributed by atoms with van der Waals surface area (Å²) in [6.07, 6.45) is -1.01. The van der Waals surface area contributed by atoms with Crippen molar-refractivity contribution in [3.8, 4) is 5.75 Å². The van der Waals surface area contributed by atoms with Gasteiger partial charge in [0.05, 0.1) is 13.2 Å². The normalized spacial score (nSPS) is 12.6. The summed E-state index contributed by atoms with van der Waals surface area (Å²) in [5.41, 5.74) is 5.37. The molecule has 0 amide bonds. The van der Waals surface area contributed by atoms with Gasteiger partial charge in [0, 0.05) is 6.54 Å². The third-order valence-electron chi connectivity index (χ3n) is 1.85. The van der Waals surface area contributed by atoms with Crippen molar-refractivity contribution < 1.29 is 18.6 Å². The minimum atomic E-state index is -1.07. The van der Waals surface area contributed by atoms with Gasteiger partial charge in [0.25, 0.3) is 0 Å². The van der Waals surface area contributed by atoms with E-state index < -0.39 is 17.7 Å². The number of halogens is 2. The zero-order chi connectivity index (χ0) is 10.7. The molecule has 0 saturated heterocycles. The average molecular weight is 203 g/mol. The van der Waals surface area contributed by atoms with Gasteiger partial charge in [0.15, 0.2) is 11.6 Å². The molecule has 1 aromatic rings. The van der Waals surface area contributed by atoms with Crippen molar-refractivity contribution in [1.82, 2.24) is 0 Å². The quantitative estimate of drug-likeness (QED) is 0.769. The molecular weight excluding hydrogens is 192 g/mol. The van der Waals surface area contributed by atoms with Crippen LogP contribution in [-0.2, 0) is 0 Å². The molecule has 0 radical (unpaired) electrons. The number of hydrogen-bond acceptors (Lipinski definition) is 3. The van der Waals surface area contributed by atoms with E-state index in [9.17, 15) is 13.9 Å². The summed E-state index contributed by atoms with van der Waals surface area (Å²) in [7, 11) is 1.22. The Labute approximate surface area is 80.1 Å². The fourth-order valence-electron chi connectivity index (χ4n) is 1.06. The van der Waals surface area contributed by atoms with Crippen LogP contribution in [0, 0.1) is 11.6 Å². The maximum absolute atomic E-state index is 12.9. The summed E-state index contributed by atoms with van der Waals surface area (Å²) in [5.74, 6) is -2.38. The first-order valence-electron chi connectivity index (χ1n) is 4.01. The highest BCUT2D eigenvalue weighted by molar-refractivity contribution is 5.32. The molecule has 14 heavy (non-hydrogen) atoms. The SMILES string of the molecule is COc1cc(C(O)CN)cc(F)c1F. The van der Waals surface area contributed by atoms with Crippen LogP contribution in [0.2, 0.25) is 0 Å². The van der Waals surface area contributed by atoms with Crippen molar-refractivity contribution in [3.05, 3.63) is 29.3 Å². The van der Waals surface area contributed by atoms with Crippen molar-refractivity contribution in [2.75, 3.05) is 13.7 Å². The van der Waals surface area contributed by atoms with E-state index in [1.54, 1.807) is 0 Å². The lowest BCUT2D eigenvalue weighted by Gasteiger charge is -2.10. The Hall–Kier alpha value is -1.20. The largest absolute Gasteiger partial charge is 0.494 e. The molecule has 1 rings (SSSR count). The Morgan fingerprint density at radius 2 is 2.14 bits per heavy atom. The summed E-state index contributed by atoms with van der Waals surface area (Å²) in [4.78, 5) is 0. The second-order valence-corrected chi connectivity index (χ2v) is 2.77. The molecule has 0 saturated carbocycles. The lowest BCUT2D eigenvalue weighted by Crippen LogP contribution is -2.12. The maximum Gasteiger partial charge on any atom is 0.200 e. The standard InChI is InChI=1S/C9H11F2NO2/c1-14-8-3-5(7(13)4-12)2-6(10)9(8)11/h2-3,7,13H,4,12H2,1H3. The molecule has 0 aliphatic heterocycles. The molecule has 1 aromatic carbocycles. The third kappa shape index (κ3) is 2.00. The fourth-order valence-corrected chi connectivity index (χ4v) is 1.06. The van der Waals surface area contributed by atoms with Gasteiger partial charge in [-0.05, 0) is 17.7 Å². The highest BCUT2D eigenvalue weighted by Crippen LogP contribution is 2.24. The van der Waals surface area contributed by atoms with Crippen LogP contribution in [0.3, 0.4) is 0 Å². The summed E-state index contributed by atoms with van der Waals surface area (Å²) >= 11 is 0. The van der Waals surface area contributed by atoms with Gasteiger partial charge in [-0.15, -0.1) is 0 Å². The molecule has 3 N–H and O–H groups in total. The van der Waals surface area contributed by atoms with Gasteiger partial charge >= 0.3 is 0 Å². The number of ether oxygens (including phenoxy) is 1. The van der Waals surface area contributed by atoms with Crippen molar-refractivity contribution in [3.63, 3.8) is 0 Å². The second-order valence-electron chi connectivity index (χ2n) is 2.77. The first-order valence-corrected chi connectivity index (χ1v) is 4.01. The molecule has 0 heterocycles. The predicted molar refractivity (Wildman–Crippen MR) is 46.9 cm³/mol. The maximum atomic E-state index is 12.9. The second kappa shape index (κ2) is 4.34. The zero-order valence-corrected chi connectivity index (χ0v) is 7.63. The fraction of sp³-hybridized carbons (Fsp3) is 0.333. The number of hydrogen-bond donors (Lipinski definition) is 2. The number of aliphatic hydroxyl groups excluding tert-OH is 1. The van der Waals surface area contributed by atoms with E-state index in [-0.39, 0.29) is 17.9 Å².